The molecule has 1 N–H and O–H groups in total. The first-order valence-corrected chi connectivity index (χ1v) is 10.0. The largest absolute Gasteiger partial charge is 0.467 e. The van der Waals surface area contributed by atoms with Crippen LogP contribution in [0.15, 0.2) is 51.0 Å². The summed E-state index contributed by atoms with van der Waals surface area (Å²) in [5.41, 5.74) is 0.414. The van der Waals surface area contributed by atoms with Crippen LogP contribution in [0.25, 0.3) is 10.9 Å². The van der Waals surface area contributed by atoms with E-state index in [1.807, 2.05) is 19.9 Å². The molecule has 0 aliphatic heterocycles. The fraction of sp³-hybridized carbons (Fsp3) is 0.316. The maximum Gasteiger partial charge on any atom is 0.262 e. The first-order valence-electron chi connectivity index (χ1n) is 8.65. The Labute approximate surface area is 165 Å². The van der Waals surface area contributed by atoms with Gasteiger partial charge in [-0.2, -0.15) is 0 Å². The van der Waals surface area contributed by atoms with Crippen molar-refractivity contribution in [3.8, 4) is 0 Å². The summed E-state index contributed by atoms with van der Waals surface area (Å²) < 4.78 is 6.91. The Morgan fingerprint density at radius 2 is 2.22 bits per heavy atom. The van der Waals surface area contributed by atoms with Crippen molar-refractivity contribution in [1.82, 2.24) is 14.9 Å². The number of nitrogens with one attached hydrogen (secondary N) is 1. The fourth-order valence-corrected chi connectivity index (χ4v) is 3.73. The van der Waals surface area contributed by atoms with Gasteiger partial charge in [0, 0.05) is 11.6 Å². The molecule has 27 heavy (non-hydrogen) atoms. The number of amides is 1. The zero-order valence-electron chi connectivity index (χ0n) is 15.1. The van der Waals surface area contributed by atoms with E-state index in [0.717, 1.165) is 6.42 Å². The number of benzene rings is 1. The summed E-state index contributed by atoms with van der Waals surface area (Å²) in [4.78, 5) is 29.6. The zero-order valence-corrected chi connectivity index (χ0v) is 16.6. The number of hydrogen-bond donors (Lipinski definition) is 1. The van der Waals surface area contributed by atoms with Crippen LogP contribution in [0, 0.1) is 0 Å². The van der Waals surface area contributed by atoms with E-state index in [1.54, 1.807) is 35.1 Å². The molecule has 2 aromatic heterocycles. The van der Waals surface area contributed by atoms with E-state index in [4.69, 9.17) is 16.0 Å². The van der Waals surface area contributed by atoms with Crippen LogP contribution in [0.5, 0.6) is 0 Å². The first kappa shape index (κ1) is 19.5. The molecule has 0 saturated heterocycles. The normalized spacial score (nSPS) is 12.3. The predicted molar refractivity (Wildman–Crippen MR) is 107 cm³/mol. The minimum atomic E-state index is -0.227. The summed E-state index contributed by atoms with van der Waals surface area (Å²) in [6.07, 6.45) is 2.36. The Morgan fingerprint density at radius 3 is 2.93 bits per heavy atom. The number of rotatable bonds is 7. The molecular weight excluding hydrogens is 386 g/mol. The molecule has 0 fully saturated rings. The van der Waals surface area contributed by atoms with Gasteiger partial charge < -0.3 is 9.73 Å². The van der Waals surface area contributed by atoms with Gasteiger partial charge in [-0.3, -0.25) is 14.2 Å². The Morgan fingerprint density at radius 1 is 1.41 bits per heavy atom. The van der Waals surface area contributed by atoms with Crippen molar-refractivity contribution < 1.29 is 9.21 Å². The highest BCUT2D eigenvalue weighted by Crippen LogP contribution is 2.21. The number of aromatic nitrogens is 2. The molecule has 0 unspecified atom stereocenters. The molecule has 6 nitrogen and oxygen atoms in total. The number of thioether (sulfide) groups is 1. The van der Waals surface area contributed by atoms with E-state index in [0.29, 0.717) is 33.4 Å². The average Bonchev–Trinajstić information content (AvgIpc) is 3.17. The smallest absolute Gasteiger partial charge is 0.262 e. The highest BCUT2D eigenvalue weighted by atomic mass is 35.5. The van der Waals surface area contributed by atoms with Gasteiger partial charge in [0.2, 0.25) is 5.91 Å². The van der Waals surface area contributed by atoms with Gasteiger partial charge in [0.05, 0.1) is 29.0 Å². The van der Waals surface area contributed by atoms with E-state index in [-0.39, 0.29) is 23.3 Å². The molecule has 0 spiro atoms. The summed E-state index contributed by atoms with van der Waals surface area (Å²) in [5.74, 6) is 0.676. The summed E-state index contributed by atoms with van der Waals surface area (Å²) in [6, 6.07) is 8.39. The molecule has 142 valence electrons. The number of nitrogens with zero attached hydrogens (tertiary/aromatic N) is 2. The van der Waals surface area contributed by atoms with Crippen molar-refractivity contribution in [1.29, 1.82) is 0 Å². The lowest BCUT2D eigenvalue weighted by molar-refractivity contribution is -0.119. The molecule has 0 aliphatic carbocycles. The minimum Gasteiger partial charge on any atom is -0.467 e. The Kier molecular flexibility index (Phi) is 6.23. The van der Waals surface area contributed by atoms with Crippen LogP contribution < -0.4 is 10.9 Å². The molecule has 0 bridgehead atoms. The SMILES string of the molecule is CCCn1c(SCC(=O)N[C@H](C)c2ccco2)nc2cc(Cl)ccc2c1=O. The number of hydrogen-bond acceptors (Lipinski definition) is 5. The van der Waals surface area contributed by atoms with Gasteiger partial charge in [-0.05, 0) is 43.7 Å². The average molecular weight is 406 g/mol. The van der Waals surface area contributed by atoms with Gasteiger partial charge in [-0.15, -0.1) is 0 Å². The van der Waals surface area contributed by atoms with Crippen LogP contribution in [0.4, 0.5) is 0 Å². The summed E-state index contributed by atoms with van der Waals surface area (Å²) in [6.45, 7) is 4.38. The number of halogens is 1. The van der Waals surface area contributed by atoms with Gasteiger partial charge in [0.15, 0.2) is 5.16 Å². The van der Waals surface area contributed by atoms with Crippen molar-refractivity contribution in [3.63, 3.8) is 0 Å². The molecule has 1 aromatic carbocycles. The second-order valence-corrected chi connectivity index (χ2v) is 7.48. The lowest BCUT2D eigenvalue weighted by atomic mass is 10.2. The molecule has 0 saturated carbocycles. The fourth-order valence-electron chi connectivity index (χ4n) is 2.73. The lowest BCUT2D eigenvalue weighted by Gasteiger charge is -2.14. The second kappa shape index (κ2) is 8.63. The monoisotopic (exact) mass is 405 g/mol. The van der Waals surface area contributed by atoms with Gasteiger partial charge >= 0.3 is 0 Å². The molecule has 3 aromatic rings. The number of carbonyl (C=O) groups excluding carboxylic acids is 1. The van der Waals surface area contributed by atoms with Crippen molar-refractivity contribution in [2.45, 2.75) is 38.0 Å². The molecule has 3 rings (SSSR count). The van der Waals surface area contributed by atoms with Crippen molar-refractivity contribution in [2.24, 2.45) is 0 Å². The molecule has 2 heterocycles. The van der Waals surface area contributed by atoms with Crippen LogP contribution in [0.3, 0.4) is 0 Å². The van der Waals surface area contributed by atoms with E-state index in [1.165, 1.54) is 11.8 Å². The quantitative estimate of drug-likeness (QED) is 0.474. The first-order chi connectivity index (χ1) is 13.0. The van der Waals surface area contributed by atoms with Crippen molar-refractivity contribution in [3.05, 3.63) is 57.7 Å². The highest BCUT2D eigenvalue weighted by molar-refractivity contribution is 7.99. The predicted octanol–water partition coefficient (Wildman–Crippen LogP) is 4.02. The number of furan rings is 1. The highest BCUT2D eigenvalue weighted by Gasteiger charge is 2.15. The van der Waals surface area contributed by atoms with Crippen LogP contribution in [0.1, 0.15) is 32.1 Å². The maximum absolute atomic E-state index is 12.8. The van der Waals surface area contributed by atoms with E-state index in [9.17, 15) is 9.59 Å². The van der Waals surface area contributed by atoms with E-state index < -0.39 is 0 Å². The lowest BCUT2D eigenvalue weighted by Crippen LogP contribution is -2.29. The maximum atomic E-state index is 12.8. The van der Waals surface area contributed by atoms with Crippen LogP contribution in [0.2, 0.25) is 5.02 Å². The molecule has 1 atom stereocenters. The molecule has 0 aliphatic rings. The third-order valence-electron chi connectivity index (χ3n) is 4.01. The van der Waals surface area contributed by atoms with Crippen molar-refractivity contribution >= 4 is 40.2 Å². The second-order valence-electron chi connectivity index (χ2n) is 6.11. The van der Waals surface area contributed by atoms with Crippen LogP contribution in [-0.4, -0.2) is 21.2 Å². The summed E-state index contributed by atoms with van der Waals surface area (Å²) in [5, 5.41) is 4.43. The zero-order chi connectivity index (χ0) is 19.4. The third kappa shape index (κ3) is 4.54. The molecule has 1 amide bonds. The Balaban J connectivity index is 1.79. The number of carbonyl (C=O) groups is 1. The number of fused-ring (bicyclic) bond motifs is 1. The minimum absolute atomic E-state index is 0.120. The summed E-state index contributed by atoms with van der Waals surface area (Å²) >= 11 is 7.26. The van der Waals surface area contributed by atoms with Crippen LogP contribution >= 0.6 is 23.4 Å². The van der Waals surface area contributed by atoms with E-state index in [2.05, 4.69) is 10.3 Å². The van der Waals surface area contributed by atoms with Gasteiger partial charge in [-0.25, -0.2) is 4.98 Å². The molecule has 0 radical (unpaired) electrons. The Bertz CT molecular complexity index is 1000. The van der Waals surface area contributed by atoms with Crippen molar-refractivity contribution in [2.75, 3.05) is 5.75 Å². The van der Waals surface area contributed by atoms with Gasteiger partial charge in [-0.1, -0.05) is 30.3 Å². The Hall–Kier alpha value is -2.25. The van der Waals surface area contributed by atoms with Crippen LogP contribution in [-0.2, 0) is 11.3 Å². The standard InChI is InChI=1S/C19H20ClN3O3S/c1-3-8-23-18(25)14-7-6-13(20)10-15(14)22-19(23)27-11-17(24)21-12(2)16-5-4-9-26-16/h4-7,9-10,12H,3,8,11H2,1-2H3,(H,21,24)/t12-/m1/s1. The molecule has 8 heteroatoms. The molecular formula is C19H20ClN3O3S. The van der Waals surface area contributed by atoms with E-state index >= 15 is 0 Å². The summed E-state index contributed by atoms with van der Waals surface area (Å²) in [7, 11) is 0. The third-order valence-corrected chi connectivity index (χ3v) is 5.22. The van der Waals surface area contributed by atoms with Gasteiger partial charge in [0.1, 0.15) is 5.76 Å². The topological polar surface area (TPSA) is 77.1 Å². The van der Waals surface area contributed by atoms with Gasteiger partial charge in [0.25, 0.3) is 5.56 Å².